The van der Waals surface area contributed by atoms with Crippen molar-refractivity contribution in [3.05, 3.63) is 164 Å². The Hall–Kier alpha value is -6.43. The molecule has 0 N–H and O–H groups in total. The van der Waals surface area contributed by atoms with Crippen molar-refractivity contribution in [2.24, 2.45) is 0 Å². The van der Waals surface area contributed by atoms with Crippen molar-refractivity contribution in [3.8, 4) is 56.2 Å². The second-order valence-corrected chi connectivity index (χ2v) is 13.5. The van der Waals surface area contributed by atoms with Gasteiger partial charge >= 0.3 is 0 Å². The van der Waals surface area contributed by atoms with Crippen LogP contribution in [0.4, 0.5) is 0 Å². The first-order chi connectivity index (χ1) is 24.8. The van der Waals surface area contributed by atoms with Gasteiger partial charge < -0.3 is 4.42 Å². The van der Waals surface area contributed by atoms with Crippen molar-refractivity contribution < 1.29 is 4.42 Å². The standard InChI is InChI=1S/C45H27N3OS/c1-2-10-29(11-3-1)38-27-39(33-13-5-4-12-31(33)28-22-24-46-25-23-28)48-45(47-38)36-20-19-32(44-43(36)35-15-6-8-16-40(35)49-44)30-18-21-42-37(26-30)34-14-7-9-17-41(34)50-42/h1-27H. The van der Waals surface area contributed by atoms with Crippen LogP contribution in [0.15, 0.2) is 168 Å². The molecular weight excluding hydrogens is 631 g/mol. The van der Waals surface area contributed by atoms with E-state index in [0.717, 1.165) is 72.3 Å². The lowest BCUT2D eigenvalue weighted by atomic mass is 9.95. The Balaban J connectivity index is 1.23. The fourth-order valence-corrected chi connectivity index (χ4v) is 8.17. The molecule has 0 spiro atoms. The molecule has 10 aromatic rings. The lowest BCUT2D eigenvalue weighted by Gasteiger charge is -2.14. The molecule has 0 aliphatic rings. The van der Waals surface area contributed by atoms with Gasteiger partial charge in [0, 0.05) is 65.6 Å². The van der Waals surface area contributed by atoms with E-state index in [1.54, 1.807) is 0 Å². The van der Waals surface area contributed by atoms with Crippen molar-refractivity contribution in [1.82, 2.24) is 15.0 Å². The maximum Gasteiger partial charge on any atom is 0.161 e. The molecule has 0 aliphatic carbocycles. The first-order valence-electron chi connectivity index (χ1n) is 16.6. The fourth-order valence-electron chi connectivity index (χ4n) is 7.09. The minimum absolute atomic E-state index is 0.647. The first-order valence-corrected chi connectivity index (χ1v) is 17.4. The van der Waals surface area contributed by atoms with Crippen LogP contribution >= 0.6 is 11.3 Å². The number of para-hydroxylation sites is 1. The average molecular weight is 658 g/mol. The number of nitrogens with zero attached hydrogens (tertiary/aromatic N) is 3. The number of fused-ring (bicyclic) bond motifs is 6. The van der Waals surface area contributed by atoms with E-state index in [2.05, 4.69) is 114 Å². The second-order valence-electron chi connectivity index (χ2n) is 12.4. The number of hydrogen-bond acceptors (Lipinski definition) is 5. The van der Waals surface area contributed by atoms with Crippen LogP contribution in [0.2, 0.25) is 0 Å². The summed E-state index contributed by atoms with van der Waals surface area (Å²) in [6.45, 7) is 0. The lowest BCUT2D eigenvalue weighted by Crippen LogP contribution is -1.97. The van der Waals surface area contributed by atoms with Crippen LogP contribution in [0.5, 0.6) is 0 Å². The summed E-state index contributed by atoms with van der Waals surface area (Å²) in [5.41, 5.74) is 10.7. The molecule has 0 saturated carbocycles. The van der Waals surface area contributed by atoms with E-state index in [1.165, 1.54) is 20.2 Å². The molecule has 10 rings (SSSR count). The summed E-state index contributed by atoms with van der Waals surface area (Å²) in [4.78, 5) is 14.8. The van der Waals surface area contributed by atoms with Gasteiger partial charge in [0.25, 0.3) is 0 Å². The summed E-state index contributed by atoms with van der Waals surface area (Å²) in [6.07, 6.45) is 3.65. The molecule has 0 fully saturated rings. The molecule has 6 aromatic carbocycles. The Morgan fingerprint density at radius 3 is 2.02 bits per heavy atom. The highest BCUT2D eigenvalue weighted by atomic mass is 32.1. The fraction of sp³-hybridized carbons (Fsp3) is 0. The molecule has 0 unspecified atom stereocenters. The van der Waals surface area contributed by atoms with Crippen molar-refractivity contribution >= 4 is 53.4 Å². The third-order valence-corrected chi connectivity index (χ3v) is 10.6. The molecular formula is C45H27N3OS. The third kappa shape index (κ3) is 4.71. The second kappa shape index (κ2) is 11.6. The van der Waals surface area contributed by atoms with Gasteiger partial charge in [0.2, 0.25) is 0 Å². The summed E-state index contributed by atoms with van der Waals surface area (Å²) in [7, 11) is 0. The van der Waals surface area contributed by atoms with Crippen LogP contribution in [-0.4, -0.2) is 15.0 Å². The van der Waals surface area contributed by atoms with Gasteiger partial charge in [0.15, 0.2) is 5.82 Å². The molecule has 4 nitrogen and oxygen atoms in total. The summed E-state index contributed by atoms with van der Waals surface area (Å²) in [5, 5.41) is 4.58. The average Bonchev–Trinajstić information content (AvgIpc) is 3.77. The van der Waals surface area contributed by atoms with Crippen LogP contribution in [-0.2, 0) is 0 Å². The van der Waals surface area contributed by atoms with Crippen LogP contribution in [0.3, 0.4) is 0 Å². The van der Waals surface area contributed by atoms with E-state index in [-0.39, 0.29) is 0 Å². The molecule has 0 radical (unpaired) electrons. The number of hydrogen-bond donors (Lipinski definition) is 0. The highest BCUT2D eigenvalue weighted by Crippen LogP contribution is 2.44. The van der Waals surface area contributed by atoms with Crippen LogP contribution in [0, 0.1) is 0 Å². The number of pyridine rings is 1. The largest absolute Gasteiger partial charge is 0.455 e. The lowest BCUT2D eigenvalue weighted by molar-refractivity contribution is 0.670. The Morgan fingerprint density at radius 2 is 1.14 bits per heavy atom. The van der Waals surface area contributed by atoms with Crippen molar-refractivity contribution in [2.75, 3.05) is 0 Å². The van der Waals surface area contributed by atoms with E-state index in [4.69, 9.17) is 14.4 Å². The monoisotopic (exact) mass is 657 g/mol. The molecule has 4 heterocycles. The Morgan fingerprint density at radius 1 is 0.440 bits per heavy atom. The number of rotatable bonds is 5. The van der Waals surface area contributed by atoms with Gasteiger partial charge in [0.1, 0.15) is 11.2 Å². The van der Waals surface area contributed by atoms with Crippen LogP contribution < -0.4 is 0 Å². The van der Waals surface area contributed by atoms with Gasteiger partial charge in [0.05, 0.1) is 11.4 Å². The third-order valence-electron chi connectivity index (χ3n) is 9.44. The zero-order valence-corrected chi connectivity index (χ0v) is 27.6. The van der Waals surface area contributed by atoms with Crippen LogP contribution in [0.1, 0.15) is 0 Å². The molecule has 234 valence electrons. The maximum absolute atomic E-state index is 6.73. The highest BCUT2D eigenvalue weighted by Gasteiger charge is 2.21. The van der Waals surface area contributed by atoms with Gasteiger partial charge in [-0.1, -0.05) is 97.1 Å². The van der Waals surface area contributed by atoms with E-state index in [9.17, 15) is 0 Å². The number of furan rings is 1. The minimum Gasteiger partial charge on any atom is -0.455 e. The predicted octanol–water partition coefficient (Wildman–Crippen LogP) is 12.5. The van der Waals surface area contributed by atoms with Crippen LogP contribution in [0.25, 0.3) is 98.3 Å². The Labute approximate surface area is 292 Å². The molecule has 4 aromatic heterocycles. The van der Waals surface area contributed by atoms with Crippen molar-refractivity contribution in [1.29, 1.82) is 0 Å². The van der Waals surface area contributed by atoms with E-state index < -0.39 is 0 Å². The van der Waals surface area contributed by atoms with Gasteiger partial charge in [-0.3, -0.25) is 4.98 Å². The van der Waals surface area contributed by atoms with Gasteiger partial charge in [-0.05, 0) is 71.3 Å². The molecule has 0 amide bonds. The predicted molar refractivity (Wildman–Crippen MR) is 207 cm³/mol. The summed E-state index contributed by atoms with van der Waals surface area (Å²) < 4.78 is 9.30. The molecule has 0 atom stereocenters. The van der Waals surface area contributed by atoms with Gasteiger partial charge in [-0.25, -0.2) is 9.97 Å². The molecule has 5 heteroatoms. The number of aromatic nitrogens is 3. The summed E-state index contributed by atoms with van der Waals surface area (Å²) in [6, 6.07) is 52.8. The zero-order valence-electron chi connectivity index (χ0n) is 26.7. The molecule has 0 saturated heterocycles. The summed E-state index contributed by atoms with van der Waals surface area (Å²) in [5.74, 6) is 0.647. The topological polar surface area (TPSA) is 51.8 Å². The quantitative estimate of drug-likeness (QED) is 0.185. The molecule has 0 aliphatic heterocycles. The zero-order chi connectivity index (χ0) is 33.0. The number of benzene rings is 6. The summed E-state index contributed by atoms with van der Waals surface area (Å²) >= 11 is 1.83. The normalized spacial score (nSPS) is 11.6. The minimum atomic E-state index is 0.647. The smallest absolute Gasteiger partial charge is 0.161 e. The maximum atomic E-state index is 6.73. The Kier molecular flexibility index (Phi) is 6.64. The van der Waals surface area contributed by atoms with E-state index in [0.29, 0.717) is 5.82 Å². The van der Waals surface area contributed by atoms with Gasteiger partial charge in [-0.2, -0.15) is 0 Å². The highest BCUT2D eigenvalue weighted by molar-refractivity contribution is 7.25. The number of thiophene rings is 1. The van der Waals surface area contributed by atoms with Gasteiger partial charge in [-0.15, -0.1) is 11.3 Å². The molecule has 50 heavy (non-hydrogen) atoms. The van der Waals surface area contributed by atoms with E-state index in [1.807, 2.05) is 66.2 Å². The van der Waals surface area contributed by atoms with E-state index >= 15 is 0 Å². The Bertz CT molecular complexity index is 2870. The van der Waals surface area contributed by atoms with Crippen molar-refractivity contribution in [3.63, 3.8) is 0 Å². The SMILES string of the molecule is c1ccc(-c2cc(-c3ccccc3-c3ccncc3)nc(-c3ccc(-c4ccc5sc6ccccc6c5c4)c4oc5ccccc5c34)n2)cc1. The molecule has 0 bridgehead atoms. The van der Waals surface area contributed by atoms with Crippen molar-refractivity contribution in [2.45, 2.75) is 0 Å². The first kappa shape index (κ1) is 28.6.